The van der Waals surface area contributed by atoms with Crippen molar-refractivity contribution in [1.29, 1.82) is 0 Å². The van der Waals surface area contributed by atoms with Crippen molar-refractivity contribution in [2.75, 3.05) is 11.1 Å². The van der Waals surface area contributed by atoms with E-state index in [9.17, 15) is 4.39 Å². The van der Waals surface area contributed by atoms with Crippen LogP contribution < -0.4 is 11.1 Å². The largest absolute Gasteiger partial charge is 0.436 e. The molecule has 5 heteroatoms. The zero-order valence-corrected chi connectivity index (χ0v) is 13.8. The summed E-state index contributed by atoms with van der Waals surface area (Å²) in [7, 11) is 0. The van der Waals surface area contributed by atoms with Crippen molar-refractivity contribution < 1.29 is 8.81 Å². The number of nitrogens with zero attached hydrogens (tertiary/aromatic N) is 1. The van der Waals surface area contributed by atoms with Gasteiger partial charge in [0.25, 0.3) is 0 Å². The molecule has 0 aliphatic carbocycles. The van der Waals surface area contributed by atoms with Gasteiger partial charge in [-0.3, -0.25) is 4.98 Å². The third-order valence-corrected chi connectivity index (χ3v) is 4.01. The van der Waals surface area contributed by atoms with Crippen molar-refractivity contribution in [2.24, 2.45) is 0 Å². The van der Waals surface area contributed by atoms with E-state index >= 15 is 0 Å². The van der Waals surface area contributed by atoms with Crippen LogP contribution >= 0.6 is 0 Å². The lowest BCUT2D eigenvalue weighted by atomic mass is 10.1. The Morgan fingerprint density at radius 2 is 1.73 bits per heavy atom. The molecule has 4 aromatic rings. The molecule has 26 heavy (non-hydrogen) atoms. The van der Waals surface area contributed by atoms with Crippen molar-refractivity contribution in [3.63, 3.8) is 0 Å². The summed E-state index contributed by atoms with van der Waals surface area (Å²) in [4.78, 5) is 4.38. The minimum atomic E-state index is -0.293. The fourth-order valence-corrected chi connectivity index (χ4v) is 2.73. The molecule has 0 aliphatic rings. The first kappa shape index (κ1) is 15.9. The molecule has 2 aromatic carbocycles. The Kier molecular flexibility index (Phi) is 4.11. The van der Waals surface area contributed by atoms with Gasteiger partial charge >= 0.3 is 0 Å². The summed E-state index contributed by atoms with van der Waals surface area (Å²) in [6, 6.07) is 17.8. The van der Waals surface area contributed by atoms with Gasteiger partial charge in [0.05, 0.1) is 5.39 Å². The van der Waals surface area contributed by atoms with Crippen LogP contribution in [0.15, 0.2) is 71.3 Å². The first-order chi connectivity index (χ1) is 12.7. The second-order valence-corrected chi connectivity index (χ2v) is 5.79. The predicted molar refractivity (Wildman–Crippen MR) is 103 cm³/mol. The molecule has 2 heterocycles. The van der Waals surface area contributed by atoms with Crippen LogP contribution in [0, 0.1) is 5.82 Å². The Hall–Kier alpha value is -3.60. The topological polar surface area (TPSA) is 64.1 Å². The molecule has 4 nitrogen and oxygen atoms in total. The molecule has 128 valence electrons. The van der Waals surface area contributed by atoms with E-state index in [2.05, 4.69) is 10.3 Å². The molecule has 0 aliphatic heterocycles. The Balaban J connectivity index is 1.71. The summed E-state index contributed by atoms with van der Waals surface area (Å²) in [6.07, 6.45) is 5.56. The number of fused-ring (bicyclic) bond motifs is 1. The maximum atomic E-state index is 13.1. The lowest BCUT2D eigenvalue weighted by Crippen LogP contribution is -1.93. The summed E-state index contributed by atoms with van der Waals surface area (Å²) in [5, 5.41) is 4.00. The van der Waals surface area contributed by atoms with Gasteiger partial charge in [0, 0.05) is 11.9 Å². The summed E-state index contributed by atoms with van der Waals surface area (Å²) >= 11 is 0. The van der Waals surface area contributed by atoms with Gasteiger partial charge in [0.2, 0.25) is 5.88 Å². The first-order valence-corrected chi connectivity index (χ1v) is 8.13. The number of nitrogens with one attached hydrogen (secondary N) is 1. The van der Waals surface area contributed by atoms with Gasteiger partial charge in [-0.05, 0) is 42.0 Å². The van der Waals surface area contributed by atoms with E-state index in [1.54, 1.807) is 18.3 Å². The molecule has 0 amide bonds. The number of hydrogen-bond acceptors (Lipinski definition) is 4. The highest BCUT2D eigenvalue weighted by Crippen LogP contribution is 2.36. The molecule has 3 N–H and O–H groups in total. The average Bonchev–Trinajstić information content (AvgIpc) is 2.99. The highest BCUT2D eigenvalue weighted by molar-refractivity contribution is 6.01. The van der Waals surface area contributed by atoms with Crippen molar-refractivity contribution in [1.82, 2.24) is 4.98 Å². The van der Waals surface area contributed by atoms with Gasteiger partial charge in [-0.1, -0.05) is 36.4 Å². The number of pyridine rings is 1. The maximum Gasteiger partial charge on any atom is 0.215 e. The van der Waals surface area contributed by atoms with E-state index in [0.717, 1.165) is 16.6 Å². The number of hydrogen-bond donors (Lipinski definition) is 2. The number of nitrogen functional groups attached to an aromatic ring is 1. The van der Waals surface area contributed by atoms with Crippen LogP contribution in [-0.2, 0) is 0 Å². The number of halogens is 1. The lowest BCUT2D eigenvalue weighted by Gasteiger charge is -2.05. The molecule has 0 saturated heterocycles. The number of aromatic nitrogens is 1. The highest BCUT2D eigenvalue weighted by atomic mass is 19.1. The van der Waals surface area contributed by atoms with Crippen LogP contribution in [0.1, 0.15) is 11.3 Å². The minimum Gasteiger partial charge on any atom is -0.436 e. The zero-order valence-electron chi connectivity index (χ0n) is 13.8. The highest BCUT2D eigenvalue weighted by Gasteiger charge is 2.14. The van der Waals surface area contributed by atoms with E-state index in [0.29, 0.717) is 17.0 Å². The molecule has 0 unspecified atom stereocenters. The molecule has 0 fully saturated rings. The Bertz CT molecular complexity index is 1070. The Morgan fingerprint density at radius 1 is 0.962 bits per heavy atom. The summed E-state index contributed by atoms with van der Waals surface area (Å²) in [5.41, 5.74) is 9.76. The quantitative estimate of drug-likeness (QED) is 0.515. The minimum absolute atomic E-state index is 0.256. The van der Waals surface area contributed by atoms with Crippen molar-refractivity contribution in [3.05, 3.63) is 83.9 Å². The molecular formula is C21H16FN3O. The first-order valence-electron chi connectivity index (χ1n) is 8.13. The van der Waals surface area contributed by atoms with Crippen molar-refractivity contribution in [3.8, 4) is 0 Å². The fraction of sp³-hybridized carbons (Fsp3) is 0. The number of anilines is 3. The third-order valence-electron chi connectivity index (χ3n) is 4.01. The van der Waals surface area contributed by atoms with E-state index in [-0.39, 0.29) is 11.7 Å². The van der Waals surface area contributed by atoms with Gasteiger partial charge in [-0.25, -0.2) is 4.39 Å². The summed E-state index contributed by atoms with van der Waals surface area (Å²) in [6.45, 7) is 0. The molecule has 0 saturated carbocycles. The molecule has 0 bridgehead atoms. The Labute approximate surface area is 149 Å². The van der Waals surface area contributed by atoms with Crippen LogP contribution in [0.5, 0.6) is 0 Å². The number of furan rings is 1. The van der Waals surface area contributed by atoms with Crippen molar-refractivity contribution in [2.45, 2.75) is 0 Å². The predicted octanol–water partition coefficient (Wildman–Crippen LogP) is 5.46. The monoisotopic (exact) mass is 345 g/mol. The average molecular weight is 345 g/mol. The van der Waals surface area contributed by atoms with Gasteiger partial charge in [-0.2, -0.15) is 0 Å². The second kappa shape index (κ2) is 6.72. The normalized spacial score (nSPS) is 11.3. The molecule has 0 atom stereocenters. The molecule has 0 radical (unpaired) electrons. The van der Waals surface area contributed by atoms with Crippen LogP contribution in [-0.4, -0.2) is 4.98 Å². The van der Waals surface area contributed by atoms with E-state index in [1.165, 1.54) is 12.1 Å². The third kappa shape index (κ3) is 3.15. The number of benzene rings is 2. The molecular weight excluding hydrogens is 329 g/mol. The SMILES string of the molecule is Nc1oc2c(/C=C/c3ccccc3)nccc2c1Nc1ccc(F)cc1. The van der Waals surface area contributed by atoms with Gasteiger partial charge < -0.3 is 15.5 Å². The van der Waals surface area contributed by atoms with E-state index in [4.69, 9.17) is 10.2 Å². The standard InChI is InChI=1S/C21H16FN3O/c22-15-7-9-16(10-8-15)25-19-17-12-13-24-18(20(17)26-21(19)23)11-6-14-4-2-1-3-5-14/h1-13,25H,23H2/b11-6+. The Morgan fingerprint density at radius 3 is 2.50 bits per heavy atom. The van der Waals surface area contributed by atoms with E-state index < -0.39 is 0 Å². The molecule has 2 aromatic heterocycles. The van der Waals surface area contributed by atoms with Crippen LogP contribution in [0.3, 0.4) is 0 Å². The van der Waals surface area contributed by atoms with Crippen LogP contribution in [0.25, 0.3) is 23.1 Å². The van der Waals surface area contributed by atoms with Gasteiger partial charge in [0.15, 0.2) is 5.58 Å². The fourth-order valence-electron chi connectivity index (χ4n) is 2.73. The van der Waals surface area contributed by atoms with Crippen molar-refractivity contribution >= 4 is 40.4 Å². The number of nitrogens with two attached hydrogens (primary N) is 1. The van der Waals surface area contributed by atoms with Gasteiger partial charge in [-0.15, -0.1) is 0 Å². The van der Waals surface area contributed by atoms with Crippen LogP contribution in [0.2, 0.25) is 0 Å². The molecule has 4 rings (SSSR count). The summed E-state index contributed by atoms with van der Waals surface area (Å²) in [5.74, 6) is -0.0372. The second-order valence-electron chi connectivity index (χ2n) is 5.79. The van der Waals surface area contributed by atoms with E-state index in [1.807, 2.05) is 48.6 Å². The van der Waals surface area contributed by atoms with Crippen LogP contribution in [0.4, 0.5) is 21.6 Å². The summed E-state index contributed by atoms with van der Waals surface area (Å²) < 4.78 is 18.8. The maximum absolute atomic E-state index is 13.1. The van der Waals surface area contributed by atoms with Gasteiger partial charge in [0.1, 0.15) is 17.2 Å². The number of rotatable bonds is 4. The lowest BCUT2D eigenvalue weighted by molar-refractivity contribution is 0.628. The molecule has 0 spiro atoms. The zero-order chi connectivity index (χ0) is 17.9. The smallest absolute Gasteiger partial charge is 0.215 e.